The maximum absolute atomic E-state index is 4.52. The van der Waals surface area contributed by atoms with Crippen molar-refractivity contribution < 1.29 is 0 Å². The van der Waals surface area contributed by atoms with E-state index in [4.69, 9.17) is 0 Å². The van der Waals surface area contributed by atoms with E-state index < -0.39 is 0 Å². The maximum Gasteiger partial charge on any atom is 0.202 e. The van der Waals surface area contributed by atoms with E-state index in [9.17, 15) is 0 Å². The lowest BCUT2D eigenvalue weighted by Crippen LogP contribution is -2.33. The predicted molar refractivity (Wildman–Crippen MR) is 64.4 cm³/mol. The highest BCUT2D eigenvalue weighted by Gasteiger charge is 2.26. The molecule has 4 heteroatoms. The highest BCUT2D eigenvalue weighted by atomic mass is 32.1. The molecule has 0 bridgehead atoms. The van der Waals surface area contributed by atoms with Crippen molar-refractivity contribution in [3.8, 4) is 0 Å². The van der Waals surface area contributed by atoms with Gasteiger partial charge in [-0.25, -0.2) is 4.98 Å². The Morgan fingerprint density at radius 2 is 2.00 bits per heavy atom. The van der Waals surface area contributed by atoms with Crippen LogP contribution in [-0.4, -0.2) is 15.4 Å². The molecule has 1 fully saturated rings. The highest BCUT2D eigenvalue weighted by molar-refractivity contribution is 7.09. The van der Waals surface area contributed by atoms with Crippen molar-refractivity contribution in [2.24, 2.45) is 5.92 Å². The van der Waals surface area contributed by atoms with Crippen molar-refractivity contribution in [1.82, 2.24) is 9.36 Å². The number of anilines is 1. The molecule has 0 radical (unpaired) electrons. The predicted octanol–water partition coefficient (Wildman–Crippen LogP) is 3.05. The molecule has 0 aliphatic heterocycles. The Kier molecular flexibility index (Phi) is 2.71. The summed E-state index contributed by atoms with van der Waals surface area (Å²) in [6, 6.07) is 0.626. The van der Waals surface area contributed by atoms with Crippen molar-refractivity contribution in [1.29, 1.82) is 0 Å². The Bertz CT molecular complexity index is 334. The van der Waals surface area contributed by atoms with E-state index in [0.717, 1.165) is 16.9 Å². The zero-order valence-corrected chi connectivity index (χ0v) is 10.7. The number of aromatic nitrogens is 2. The van der Waals surface area contributed by atoms with E-state index in [1.165, 1.54) is 24.4 Å². The molecule has 3 nitrogen and oxygen atoms in total. The second-order valence-electron chi connectivity index (χ2n) is 5.59. The molecule has 1 heterocycles. The molecule has 1 aliphatic carbocycles. The number of nitrogens with one attached hydrogen (secondary N) is 1. The van der Waals surface area contributed by atoms with Crippen LogP contribution in [0.3, 0.4) is 0 Å². The quantitative estimate of drug-likeness (QED) is 0.840. The van der Waals surface area contributed by atoms with E-state index in [0.29, 0.717) is 6.04 Å². The van der Waals surface area contributed by atoms with Crippen LogP contribution in [-0.2, 0) is 5.41 Å². The summed E-state index contributed by atoms with van der Waals surface area (Å²) in [5.74, 6) is 1.82. The van der Waals surface area contributed by atoms with Crippen molar-refractivity contribution in [3.05, 3.63) is 5.82 Å². The molecule has 1 N–H and O–H groups in total. The largest absolute Gasteiger partial charge is 0.358 e. The molecule has 0 saturated heterocycles. The molecule has 1 aromatic rings. The van der Waals surface area contributed by atoms with Gasteiger partial charge in [0.2, 0.25) is 5.13 Å². The molecule has 15 heavy (non-hydrogen) atoms. The molecule has 84 valence electrons. The van der Waals surface area contributed by atoms with Gasteiger partial charge >= 0.3 is 0 Å². The lowest BCUT2D eigenvalue weighted by Gasteiger charge is -2.32. The van der Waals surface area contributed by atoms with Gasteiger partial charge in [0, 0.05) is 23.0 Å². The molecule has 2 rings (SSSR count). The van der Waals surface area contributed by atoms with Crippen LogP contribution in [0.4, 0.5) is 5.13 Å². The Morgan fingerprint density at radius 3 is 2.47 bits per heavy atom. The SMILES string of the molecule is CC1CC(Nc2nc(C(C)(C)C)ns2)C1. The molecule has 0 unspecified atom stereocenters. The van der Waals surface area contributed by atoms with Crippen LogP contribution in [0.5, 0.6) is 0 Å². The molecule has 1 saturated carbocycles. The molecular formula is C11H19N3S. The fraction of sp³-hybridized carbons (Fsp3) is 0.818. The van der Waals surface area contributed by atoms with Gasteiger partial charge in [-0.05, 0) is 18.8 Å². The molecule has 1 aromatic heterocycles. The highest BCUT2D eigenvalue weighted by Crippen LogP contribution is 2.30. The van der Waals surface area contributed by atoms with E-state index in [1.807, 2.05) is 0 Å². The molecule has 0 amide bonds. The molecule has 1 aliphatic rings. The van der Waals surface area contributed by atoms with Crippen LogP contribution < -0.4 is 5.32 Å². The number of hydrogen-bond acceptors (Lipinski definition) is 4. The minimum Gasteiger partial charge on any atom is -0.358 e. The summed E-state index contributed by atoms with van der Waals surface area (Å²) >= 11 is 1.48. The van der Waals surface area contributed by atoms with Crippen LogP contribution in [0.1, 0.15) is 46.4 Å². The minimum atomic E-state index is 0.0589. The van der Waals surface area contributed by atoms with Gasteiger partial charge in [0.1, 0.15) is 5.82 Å². The van der Waals surface area contributed by atoms with Gasteiger partial charge in [-0.2, -0.15) is 4.37 Å². The number of nitrogens with zero attached hydrogens (tertiary/aromatic N) is 2. The molecular weight excluding hydrogens is 206 g/mol. The molecule has 0 atom stereocenters. The third-order valence-corrected chi connectivity index (χ3v) is 3.44. The minimum absolute atomic E-state index is 0.0589. The second-order valence-corrected chi connectivity index (χ2v) is 6.34. The third kappa shape index (κ3) is 2.48. The van der Waals surface area contributed by atoms with E-state index in [-0.39, 0.29) is 5.41 Å². The van der Waals surface area contributed by atoms with Gasteiger partial charge < -0.3 is 5.32 Å². The Balaban J connectivity index is 1.96. The van der Waals surface area contributed by atoms with Crippen molar-refractivity contribution in [3.63, 3.8) is 0 Å². The summed E-state index contributed by atoms with van der Waals surface area (Å²) in [5.41, 5.74) is 0.0589. The smallest absolute Gasteiger partial charge is 0.202 e. The van der Waals surface area contributed by atoms with Gasteiger partial charge in [0.05, 0.1) is 0 Å². The van der Waals surface area contributed by atoms with Gasteiger partial charge in [-0.3, -0.25) is 0 Å². The molecule has 0 aromatic carbocycles. The van der Waals surface area contributed by atoms with E-state index in [1.54, 1.807) is 0 Å². The van der Waals surface area contributed by atoms with E-state index in [2.05, 4.69) is 42.4 Å². The summed E-state index contributed by atoms with van der Waals surface area (Å²) < 4.78 is 4.39. The first kappa shape index (κ1) is 10.9. The van der Waals surface area contributed by atoms with Gasteiger partial charge in [-0.15, -0.1) is 0 Å². The summed E-state index contributed by atoms with van der Waals surface area (Å²) in [7, 11) is 0. The summed E-state index contributed by atoms with van der Waals surface area (Å²) in [6.45, 7) is 8.72. The number of rotatable bonds is 2. The van der Waals surface area contributed by atoms with Gasteiger partial charge in [0.15, 0.2) is 0 Å². The average molecular weight is 225 g/mol. The van der Waals surface area contributed by atoms with Crippen molar-refractivity contribution in [2.75, 3.05) is 5.32 Å². The zero-order valence-electron chi connectivity index (χ0n) is 9.87. The fourth-order valence-electron chi connectivity index (χ4n) is 1.78. The second kappa shape index (κ2) is 3.74. The summed E-state index contributed by atoms with van der Waals surface area (Å²) in [5, 5.41) is 4.43. The van der Waals surface area contributed by atoms with Crippen LogP contribution in [0.2, 0.25) is 0 Å². The fourth-order valence-corrected chi connectivity index (χ4v) is 2.62. The first-order valence-corrected chi connectivity index (χ1v) is 6.33. The molecule has 0 spiro atoms. The van der Waals surface area contributed by atoms with Crippen LogP contribution in [0.25, 0.3) is 0 Å². The lowest BCUT2D eigenvalue weighted by atomic mass is 9.82. The lowest BCUT2D eigenvalue weighted by molar-refractivity contribution is 0.309. The van der Waals surface area contributed by atoms with E-state index >= 15 is 0 Å². The Morgan fingerprint density at radius 1 is 1.33 bits per heavy atom. The van der Waals surface area contributed by atoms with Gasteiger partial charge in [-0.1, -0.05) is 27.7 Å². The first-order valence-electron chi connectivity index (χ1n) is 5.56. The van der Waals surface area contributed by atoms with Gasteiger partial charge in [0.25, 0.3) is 0 Å². The van der Waals surface area contributed by atoms with Crippen LogP contribution in [0, 0.1) is 5.92 Å². The van der Waals surface area contributed by atoms with Crippen molar-refractivity contribution >= 4 is 16.7 Å². The topological polar surface area (TPSA) is 37.8 Å². The van der Waals surface area contributed by atoms with Crippen molar-refractivity contribution in [2.45, 2.75) is 52.0 Å². The van der Waals surface area contributed by atoms with Crippen LogP contribution in [0.15, 0.2) is 0 Å². The summed E-state index contributed by atoms with van der Waals surface area (Å²) in [6.07, 6.45) is 2.54. The average Bonchev–Trinajstić information content (AvgIpc) is 2.49. The van der Waals surface area contributed by atoms with Crippen LogP contribution >= 0.6 is 11.5 Å². The third-order valence-electron chi connectivity index (χ3n) is 2.80. The Hall–Kier alpha value is -0.640. The summed E-state index contributed by atoms with van der Waals surface area (Å²) in [4.78, 5) is 4.52. The normalized spacial score (nSPS) is 26.1. The zero-order chi connectivity index (χ0) is 11.1. The standard InChI is InChI=1S/C11H19N3S/c1-7-5-8(6-7)12-10-13-9(14-15-10)11(2,3)4/h7-8H,5-6H2,1-4H3,(H,12,13,14). The number of hydrogen-bond donors (Lipinski definition) is 1. The first-order chi connectivity index (χ1) is 6.95. The Labute approximate surface area is 95.5 Å². The monoisotopic (exact) mass is 225 g/mol. The maximum atomic E-state index is 4.52.